The van der Waals surface area contributed by atoms with E-state index < -0.39 is 0 Å². The summed E-state index contributed by atoms with van der Waals surface area (Å²) in [7, 11) is 1.68. The highest BCUT2D eigenvalue weighted by molar-refractivity contribution is 7.19. The first-order valence-corrected chi connectivity index (χ1v) is 11.7. The molecule has 0 bridgehead atoms. The maximum Gasteiger partial charge on any atom is 0.141 e. The number of fused-ring (bicyclic) bond motifs is 3. The van der Waals surface area contributed by atoms with Crippen molar-refractivity contribution in [2.24, 2.45) is 0 Å². The molecule has 3 heterocycles. The number of anilines is 1. The average molecular weight is 426 g/mol. The number of aromatic nitrogens is 2. The number of rotatable bonds is 6. The molecule has 1 saturated heterocycles. The van der Waals surface area contributed by atoms with Gasteiger partial charge >= 0.3 is 0 Å². The van der Waals surface area contributed by atoms with Crippen LogP contribution in [0.15, 0.2) is 30.6 Å². The van der Waals surface area contributed by atoms with Gasteiger partial charge in [-0.2, -0.15) is 0 Å². The van der Waals surface area contributed by atoms with E-state index in [-0.39, 0.29) is 0 Å². The Morgan fingerprint density at radius 3 is 2.60 bits per heavy atom. The number of hydrogen-bond donors (Lipinski definition) is 1. The van der Waals surface area contributed by atoms with Crippen molar-refractivity contribution >= 4 is 27.4 Å². The number of hydrogen-bond acceptors (Lipinski definition) is 6. The zero-order chi connectivity index (χ0) is 20.3. The first-order chi connectivity index (χ1) is 14.8. The van der Waals surface area contributed by atoms with Crippen molar-refractivity contribution < 1.29 is 14.4 Å². The van der Waals surface area contributed by atoms with Crippen molar-refractivity contribution in [2.45, 2.75) is 25.7 Å². The number of nitrogens with one attached hydrogen (secondary N) is 1. The Labute approximate surface area is 181 Å². The van der Waals surface area contributed by atoms with Gasteiger partial charge in [0.05, 0.1) is 38.7 Å². The fraction of sp³-hybridized carbons (Fsp3) is 0.478. The van der Waals surface area contributed by atoms with Gasteiger partial charge in [-0.3, -0.25) is 0 Å². The van der Waals surface area contributed by atoms with Gasteiger partial charge in [-0.25, -0.2) is 9.97 Å². The summed E-state index contributed by atoms with van der Waals surface area (Å²) in [6, 6.07) is 7.81. The molecule has 2 aromatic heterocycles. The topological polar surface area (TPSA) is 51.9 Å². The third kappa shape index (κ3) is 3.96. The second-order valence-corrected chi connectivity index (χ2v) is 9.18. The van der Waals surface area contributed by atoms with Gasteiger partial charge in [-0.05, 0) is 55.5 Å². The average Bonchev–Trinajstić information content (AvgIpc) is 3.19. The molecule has 0 saturated carbocycles. The zero-order valence-electron chi connectivity index (χ0n) is 17.5. The Kier molecular flexibility index (Phi) is 5.73. The molecule has 3 aromatic rings. The molecule has 0 atom stereocenters. The minimum Gasteiger partial charge on any atom is -0.497 e. The lowest BCUT2D eigenvalue weighted by atomic mass is 9.97. The van der Waals surface area contributed by atoms with E-state index >= 15 is 0 Å². The summed E-state index contributed by atoms with van der Waals surface area (Å²) < 4.78 is 11.1. The molecule has 0 amide bonds. The highest BCUT2D eigenvalue weighted by Crippen LogP contribution is 2.39. The molecule has 1 N–H and O–H groups in total. The van der Waals surface area contributed by atoms with Crippen LogP contribution in [0.25, 0.3) is 10.2 Å². The SMILES string of the molecule is COc1ccc(OCC[NH+]2CCN(c3ncnc4sc5c(c34)CCCC5)CC2)cc1. The van der Waals surface area contributed by atoms with E-state index in [0.29, 0.717) is 0 Å². The maximum atomic E-state index is 5.92. The summed E-state index contributed by atoms with van der Waals surface area (Å²) in [5, 5.41) is 1.34. The molecule has 30 heavy (non-hydrogen) atoms. The molecule has 7 heteroatoms. The minimum absolute atomic E-state index is 0.734. The Morgan fingerprint density at radius 1 is 1.03 bits per heavy atom. The lowest BCUT2D eigenvalue weighted by Crippen LogP contribution is -3.15. The van der Waals surface area contributed by atoms with Crippen LogP contribution < -0.4 is 19.3 Å². The lowest BCUT2D eigenvalue weighted by Gasteiger charge is -2.33. The van der Waals surface area contributed by atoms with Crippen LogP contribution in [0.4, 0.5) is 5.82 Å². The number of methoxy groups -OCH3 is 1. The predicted octanol–water partition coefficient (Wildman–Crippen LogP) is 2.36. The predicted molar refractivity (Wildman–Crippen MR) is 120 cm³/mol. The highest BCUT2D eigenvalue weighted by atomic mass is 32.1. The molecule has 0 spiro atoms. The number of aryl methyl sites for hydroxylation is 2. The van der Waals surface area contributed by atoms with Crippen molar-refractivity contribution in [3.63, 3.8) is 0 Å². The second kappa shape index (κ2) is 8.78. The Bertz CT molecular complexity index is 996. The highest BCUT2D eigenvalue weighted by Gasteiger charge is 2.26. The largest absolute Gasteiger partial charge is 0.497 e. The molecule has 1 fully saturated rings. The van der Waals surface area contributed by atoms with Gasteiger partial charge < -0.3 is 19.3 Å². The van der Waals surface area contributed by atoms with Gasteiger partial charge in [0.15, 0.2) is 0 Å². The van der Waals surface area contributed by atoms with Crippen LogP contribution in [-0.2, 0) is 12.8 Å². The van der Waals surface area contributed by atoms with E-state index in [1.165, 1.54) is 46.3 Å². The van der Waals surface area contributed by atoms with E-state index in [2.05, 4.69) is 9.88 Å². The third-order valence-corrected chi connectivity index (χ3v) is 7.49. The number of piperazine rings is 1. The quantitative estimate of drug-likeness (QED) is 0.657. The zero-order valence-corrected chi connectivity index (χ0v) is 18.3. The number of quaternary nitrogens is 1. The van der Waals surface area contributed by atoms with Crippen LogP contribution in [0.3, 0.4) is 0 Å². The normalized spacial score (nSPS) is 17.2. The standard InChI is InChI=1S/C23H28N4O2S/c1-28-17-6-8-18(9-7-17)29-15-14-26-10-12-27(13-11-26)22-21-19-4-2-3-5-20(19)30-23(21)25-16-24-22/h6-9,16H,2-5,10-15H2,1H3/p+1. The summed E-state index contributed by atoms with van der Waals surface area (Å²) >= 11 is 1.88. The van der Waals surface area contributed by atoms with Crippen LogP contribution in [-0.4, -0.2) is 56.4 Å². The monoisotopic (exact) mass is 425 g/mol. The van der Waals surface area contributed by atoms with Crippen molar-refractivity contribution in [3.8, 4) is 11.5 Å². The molecule has 158 valence electrons. The smallest absolute Gasteiger partial charge is 0.141 e. The van der Waals surface area contributed by atoms with Crippen molar-refractivity contribution in [3.05, 3.63) is 41.0 Å². The Hall–Kier alpha value is -2.38. The van der Waals surface area contributed by atoms with Crippen LogP contribution in [0.1, 0.15) is 23.3 Å². The lowest BCUT2D eigenvalue weighted by molar-refractivity contribution is -0.900. The molecular weight excluding hydrogens is 396 g/mol. The van der Waals surface area contributed by atoms with Crippen molar-refractivity contribution in [2.75, 3.05) is 51.3 Å². The van der Waals surface area contributed by atoms with Crippen LogP contribution in [0.5, 0.6) is 11.5 Å². The number of ether oxygens (including phenoxy) is 2. The van der Waals surface area contributed by atoms with E-state index in [9.17, 15) is 0 Å². The summed E-state index contributed by atoms with van der Waals surface area (Å²) in [6.45, 7) is 6.06. The fourth-order valence-electron chi connectivity index (χ4n) is 4.58. The van der Waals surface area contributed by atoms with Gasteiger partial charge in [-0.15, -0.1) is 11.3 Å². The van der Waals surface area contributed by atoms with Gasteiger partial charge in [-0.1, -0.05) is 0 Å². The Morgan fingerprint density at radius 2 is 1.80 bits per heavy atom. The van der Waals surface area contributed by atoms with Gasteiger partial charge in [0.25, 0.3) is 0 Å². The van der Waals surface area contributed by atoms with Crippen LogP contribution >= 0.6 is 11.3 Å². The summed E-state index contributed by atoms with van der Waals surface area (Å²) in [6.07, 6.45) is 6.75. The van der Waals surface area contributed by atoms with E-state index in [1.807, 2.05) is 35.6 Å². The number of thiophene rings is 1. The molecule has 1 aliphatic heterocycles. The molecule has 5 rings (SSSR count). The second-order valence-electron chi connectivity index (χ2n) is 8.10. The van der Waals surface area contributed by atoms with E-state index in [1.54, 1.807) is 18.3 Å². The fourth-order valence-corrected chi connectivity index (χ4v) is 5.81. The number of benzene rings is 1. The maximum absolute atomic E-state index is 5.92. The molecule has 0 radical (unpaired) electrons. The van der Waals surface area contributed by atoms with E-state index in [4.69, 9.17) is 14.5 Å². The van der Waals surface area contributed by atoms with Gasteiger partial charge in [0, 0.05) is 4.88 Å². The minimum atomic E-state index is 0.734. The summed E-state index contributed by atoms with van der Waals surface area (Å²) in [4.78, 5) is 16.1. The van der Waals surface area contributed by atoms with Crippen molar-refractivity contribution in [1.82, 2.24) is 9.97 Å². The van der Waals surface area contributed by atoms with Crippen molar-refractivity contribution in [1.29, 1.82) is 0 Å². The Balaban J connectivity index is 1.18. The first-order valence-electron chi connectivity index (χ1n) is 10.9. The van der Waals surface area contributed by atoms with Gasteiger partial charge in [0.1, 0.15) is 41.6 Å². The summed E-state index contributed by atoms with van der Waals surface area (Å²) in [5.74, 6) is 2.92. The van der Waals surface area contributed by atoms with Crippen LogP contribution in [0, 0.1) is 0 Å². The van der Waals surface area contributed by atoms with Crippen LogP contribution in [0.2, 0.25) is 0 Å². The summed E-state index contributed by atoms with van der Waals surface area (Å²) in [5.41, 5.74) is 1.53. The van der Waals surface area contributed by atoms with Gasteiger partial charge in [0.2, 0.25) is 0 Å². The molecule has 0 unspecified atom stereocenters. The molecule has 6 nitrogen and oxygen atoms in total. The molecule has 1 aromatic carbocycles. The molecule has 1 aliphatic carbocycles. The molecule has 2 aliphatic rings. The van der Waals surface area contributed by atoms with E-state index in [0.717, 1.165) is 56.6 Å². The third-order valence-electron chi connectivity index (χ3n) is 6.29. The number of nitrogens with zero attached hydrogens (tertiary/aromatic N) is 3. The first kappa shape index (κ1) is 19.6. The molecular formula is C23H29N4O2S+.